The number of hydrogen-bond acceptors (Lipinski definition) is 5. The van der Waals surface area contributed by atoms with Gasteiger partial charge in [-0.05, 0) is 30.3 Å². The third-order valence-corrected chi connectivity index (χ3v) is 6.36. The van der Waals surface area contributed by atoms with E-state index in [4.69, 9.17) is 5.10 Å². The highest BCUT2D eigenvalue weighted by molar-refractivity contribution is 7.20. The van der Waals surface area contributed by atoms with E-state index in [9.17, 15) is 4.79 Å². The summed E-state index contributed by atoms with van der Waals surface area (Å²) >= 11 is 1.43. The summed E-state index contributed by atoms with van der Waals surface area (Å²) in [6.07, 6.45) is 4.34. The van der Waals surface area contributed by atoms with Crippen molar-refractivity contribution in [3.8, 4) is 0 Å². The number of fused-ring (bicyclic) bond motifs is 3. The van der Waals surface area contributed by atoms with Gasteiger partial charge in [-0.2, -0.15) is 5.10 Å². The van der Waals surface area contributed by atoms with Crippen molar-refractivity contribution in [3.63, 3.8) is 0 Å². The summed E-state index contributed by atoms with van der Waals surface area (Å²) in [6, 6.07) is 15.4. The molecule has 5 heterocycles. The van der Waals surface area contributed by atoms with Crippen molar-refractivity contribution in [2.75, 3.05) is 6.54 Å². The molecule has 1 atom stereocenters. The first-order valence-corrected chi connectivity index (χ1v) is 10.2. The molecule has 0 spiro atoms. The largest absolute Gasteiger partial charge is 0.348 e. The van der Waals surface area contributed by atoms with Crippen LogP contribution in [0.2, 0.25) is 0 Å². The van der Waals surface area contributed by atoms with Crippen LogP contribution in [0.1, 0.15) is 32.9 Å². The minimum atomic E-state index is -0.343. The van der Waals surface area contributed by atoms with E-state index in [-0.39, 0.29) is 11.9 Å². The molecule has 6 rings (SSSR count). The zero-order chi connectivity index (χ0) is 19.4. The molecule has 0 saturated carbocycles. The van der Waals surface area contributed by atoms with Crippen molar-refractivity contribution in [2.45, 2.75) is 12.5 Å². The Kier molecular flexibility index (Phi) is 3.54. The minimum Gasteiger partial charge on any atom is -0.348 e. The van der Waals surface area contributed by atoms with Crippen LogP contribution < -0.4 is 0 Å². The maximum Gasteiger partial charge on any atom is 0.283 e. The molecule has 0 unspecified atom stereocenters. The zero-order valence-electron chi connectivity index (χ0n) is 15.3. The van der Waals surface area contributed by atoms with Crippen LogP contribution in [0.25, 0.3) is 15.7 Å². The van der Waals surface area contributed by atoms with Crippen molar-refractivity contribution < 1.29 is 4.79 Å². The summed E-state index contributed by atoms with van der Waals surface area (Å²) in [7, 11) is 0. The lowest BCUT2D eigenvalue weighted by atomic mass is 9.99. The van der Waals surface area contributed by atoms with E-state index in [1.807, 2.05) is 64.1 Å². The summed E-state index contributed by atoms with van der Waals surface area (Å²) in [5.74, 6) is -0.0816. The molecular weight excluding hydrogens is 384 g/mol. The van der Waals surface area contributed by atoms with Gasteiger partial charge in [0.1, 0.15) is 6.04 Å². The molecule has 1 aromatic carbocycles. The summed E-state index contributed by atoms with van der Waals surface area (Å²) < 4.78 is 2.84. The third kappa shape index (κ3) is 2.56. The highest BCUT2D eigenvalue weighted by Gasteiger charge is 2.37. The molecule has 4 aromatic heterocycles. The number of nitrogens with one attached hydrogen (secondary N) is 1. The van der Waals surface area contributed by atoms with E-state index in [1.54, 1.807) is 6.33 Å². The second-order valence-electron chi connectivity index (χ2n) is 7.04. The summed E-state index contributed by atoms with van der Waals surface area (Å²) in [4.78, 5) is 27.7. The predicted molar refractivity (Wildman–Crippen MR) is 110 cm³/mol. The number of nitrogens with zero attached hydrogens (tertiary/aromatic N) is 5. The molecule has 0 bridgehead atoms. The lowest BCUT2D eigenvalue weighted by molar-refractivity contribution is 0.0687. The molecule has 0 aliphatic carbocycles. The lowest BCUT2D eigenvalue weighted by Crippen LogP contribution is -2.41. The zero-order valence-corrected chi connectivity index (χ0v) is 16.1. The number of imidazole rings is 1. The fraction of sp³-hybridized carbons (Fsp3) is 0.143. The van der Waals surface area contributed by atoms with E-state index in [1.165, 1.54) is 11.3 Å². The fourth-order valence-corrected chi connectivity index (χ4v) is 4.89. The molecule has 1 amide bonds. The summed E-state index contributed by atoms with van der Waals surface area (Å²) in [6.45, 7) is 0.586. The molecule has 7 nitrogen and oxygen atoms in total. The topological polar surface area (TPSA) is 79.2 Å². The number of hydrogen-bond donors (Lipinski definition) is 1. The molecule has 5 aromatic rings. The van der Waals surface area contributed by atoms with Crippen molar-refractivity contribution in [3.05, 3.63) is 83.1 Å². The Hall–Kier alpha value is -3.52. The first-order chi connectivity index (χ1) is 14.3. The fourth-order valence-electron chi connectivity index (χ4n) is 3.97. The molecule has 0 radical (unpaired) electrons. The number of rotatable bonds is 2. The number of carbonyl (C=O) groups is 1. The summed E-state index contributed by atoms with van der Waals surface area (Å²) in [5.41, 5.74) is 4.55. The molecule has 1 aliphatic heterocycles. The first kappa shape index (κ1) is 16.4. The van der Waals surface area contributed by atoms with Crippen LogP contribution in [0.4, 0.5) is 0 Å². The van der Waals surface area contributed by atoms with Crippen molar-refractivity contribution in [1.82, 2.24) is 29.5 Å². The average Bonchev–Trinajstić information content (AvgIpc) is 3.49. The van der Waals surface area contributed by atoms with Gasteiger partial charge in [0.2, 0.25) is 0 Å². The van der Waals surface area contributed by atoms with E-state index >= 15 is 0 Å². The lowest BCUT2D eigenvalue weighted by Gasteiger charge is -2.33. The predicted octanol–water partition coefficient (Wildman–Crippen LogP) is 3.46. The molecule has 29 heavy (non-hydrogen) atoms. The number of pyridine rings is 1. The van der Waals surface area contributed by atoms with Gasteiger partial charge in [-0.25, -0.2) is 14.5 Å². The normalized spacial score (nSPS) is 16.4. The Labute approximate surface area is 169 Å². The van der Waals surface area contributed by atoms with E-state index in [0.29, 0.717) is 11.6 Å². The van der Waals surface area contributed by atoms with E-state index in [2.05, 4.69) is 15.0 Å². The maximum atomic E-state index is 13.5. The standard InChI is InChI=1S/C21H16N6OS/c28-21(20-24-14-6-1-2-7-17(14)29-20)26-10-8-15-18(23-12-22-15)19(26)16-11-13-5-3-4-9-27(13)25-16/h1-7,9,11-12,19H,8,10H2,(H,22,23)/t19-/m0/s1. The van der Waals surface area contributed by atoms with Crippen LogP contribution in [0.15, 0.2) is 61.1 Å². The van der Waals surface area contributed by atoms with Gasteiger partial charge in [-0.15, -0.1) is 11.3 Å². The Morgan fingerprint density at radius 2 is 2.07 bits per heavy atom. The summed E-state index contributed by atoms with van der Waals surface area (Å²) in [5, 5.41) is 5.23. The number of aromatic amines is 1. The van der Waals surface area contributed by atoms with E-state index < -0.39 is 0 Å². The van der Waals surface area contributed by atoms with Gasteiger partial charge in [0.15, 0.2) is 5.01 Å². The molecular formula is C21H16N6OS. The Bertz CT molecular complexity index is 1300. The van der Waals surface area contributed by atoms with Gasteiger partial charge >= 0.3 is 0 Å². The van der Waals surface area contributed by atoms with Crippen molar-refractivity contribution in [2.24, 2.45) is 0 Å². The number of thiazole rings is 1. The molecule has 0 fully saturated rings. The molecule has 0 saturated heterocycles. The Morgan fingerprint density at radius 1 is 1.17 bits per heavy atom. The smallest absolute Gasteiger partial charge is 0.283 e. The quantitative estimate of drug-likeness (QED) is 0.492. The van der Waals surface area contributed by atoms with Crippen molar-refractivity contribution >= 4 is 33.0 Å². The average molecular weight is 400 g/mol. The van der Waals surface area contributed by atoms with Crippen molar-refractivity contribution in [1.29, 1.82) is 0 Å². The van der Waals surface area contributed by atoms with Crippen LogP contribution in [-0.2, 0) is 6.42 Å². The number of aromatic nitrogens is 5. The van der Waals surface area contributed by atoms with Crippen LogP contribution in [0, 0.1) is 0 Å². The monoisotopic (exact) mass is 400 g/mol. The van der Waals surface area contributed by atoms with Gasteiger partial charge in [0, 0.05) is 24.9 Å². The Morgan fingerprint density at radius 3 is 2.97 bits per heavy atom. The number of amides is 1. The second-order valence-corrected chi connectivity index (χ2v) is 8.07. The third-order valence-electron chi connectivity index (χ3n) is 5.33. The molecule has 8 heteroatoms. The Balaban J connectivity index is 1.47. The van der Waals surface area contributed by atoms with Crippen LogP contribution >= 0.6 is 11.3 Å². The van der Waals surface area contributed by atoms with Gasteiger partial charge < -0.3 is 9.88 Å². The highest BCUT2D eigenvalue weighted by atomic mass is 32.1. The number of para-hydroxylation sites is 1. The SMILES string of the molecule is O=C(c1nc2ccccc2s1)N1CCc2[nH]cnc2[C@@H]1c1cc2ccccn2n1. The second kappa shape index (κ2) is 6.25. The first-order valence-electron chi connectivity index (χ1n) is 9.41. The van der Waals surface area contributed by atoms with E-state index in [0.717, 1.165) is 39.2 Å². The van der Waals surface area contributed by atoms with Gasteiger partial charge in [0.05, 0.1) is 33.4 Å². The minimum absolute atomic E-state index is 0.0816. The number of benzene rings is 1. The van der Waals surface area contributed by atoms with Crippen LogP contribution in [-0.4, -0.2) is 41.9 Å². The van der Waals surface area contributed by atoms with Gasteiger partial charge in [0.25, 0.3) is 5.91 Å². The maximum absolute atomic E-state index is 13.5. The number of carbonyl (C=O) groups excluding carboxylic acids is 1. The van der Waals surface area contributed by atoms with Gasteiger partial charge in [-0.1, -0.05) is 18.2 Å². The van der Waals surface area contributed by atoms with Crippen LogP contribution in [0.3, 0.4) is 0 Å². The number of H-pyrrole nitrogens is 1. The van der Waals surface area contributed by atoms with Gasteiger partial charge in [-0.3, -0.25) is 4.79 Å². The molecule has 142 valence electrons. The molecule has 1 aliphatic rings. The highest BCUT2D eigenvalue weighted by Crippen LogP contribution is 2.35. The van der Waals surface area contributed by atoms with Crippen LogP contribution in [0.5, 0.6) is 0 Å². The molecule has 1 N–H and O–H groups in total.